The number of carboxylic acid groups (broad SMARTS) is 1. The van der Waals surface area contributed by atoms with Crippen molar-refractivity contribution in [1.29, 1.82) is 0 Å². The number of pyridine rings is 1. The van der Waals surface area contributed by atoms with Crippen LogP contribution in [0.3, 0.4) is 0 Å². The number of benzene rings is 1. The van der Waals surface area contributed by atoms with Gasteiger partial charge in [-0.05, 0) is 57.1 Å². The first-order valence-electron chi connectivity index (χ1n) is 10.2. The van der Waals surface area contributed by atoms with E-state index in [1.165, 1.54) is 6.42 Å². The van der Waals surface area contributed by atoms with Crippen molar-refractivity contribution in [3.8, 4) is 0 Å². The molecule has 1 saturated heterocycles. The Hall–Kier alpha value is -2.37. The number of hydrogen-bond acceptors (Lipinski definition) is 4. The van der Waals surface area contributed by atoms with Gasteiger partial charge in [0.2, 0.25) is 0 Å². The van der Waals surface area contributed by atoms with E-state index in [0.29, 0.717) is 5.02 Å². The van der Waals surface area contributed by atoms with Crippen molar-refractivity contribution in [3.63, 3.8) is 0 Å². The summed E-state index contributed by atoms with van der Waals surface area (Å²) < 4.78 is 0. The second-order valence-corrected chi connectivity index (χ2v) is 8.35. The van der Waals surface area contributed by atoms with E-state index in [0.717, 1.165) is 42.5 Å². The average molecular weight is 412 g/mol. The Morgan fingerprint density at radius 2 is 2.07 bits per heavy atom. The number of carboxylic acids is 1. The Morgan fingerprint density at radius 3 is 2.83 bits per heavy atom. The zero-order valence-electron chi connectivity index (χ0n) is 16.5. The van der Waals surface area contributed by atoms with Gasteiger partial charge in [-0.15, -0.1) is 0 Å². The number of rotatable bonds is 5. The minimum Gasteiger partial charge on any atom is -0.481 e. The lowest BCUT2D eigenvalue weighted by molar-refractivity contribution is -0.142. The molecule has 0 radical (unpaired) electrons. The lowest BCUT2D eigenvalue weighted by atomic mass is 9.74. The minimum absolute atomic E-state index is 0.000570. The standard InChI is InChI=1S/C23H26ClN3O2/c1-16(27-13-5-2-6-14-27)23(11-4-3-7-19(23)22(28)29)26-20-10-12-25-21-15-17(24)8-9-18(20)21/h3-4,7-12,15-16,19H,2,5-6,13-14H2,1H3,(H,25,26)(H,28,29). The molecule has 3 atom stereocenters. The van der Waals surface area contributed by atoms with E-state index < -0.39 is 17.4 Å². The number of likely N-dealkylation sites (tertiary alicyclic amines) is 1. The van der Waals surface area contributed by atoms with Crippen molar-refractivity contribution >= 4 is 34.2 Å². The number of anilines is 1. The summed E-state index contributed by atoms with van der Waals surface area (Å²) in [6, 6.07) is 7.51. The Bertz CT molecular complexity index is 968. The fourth-order valence-corrected chi connectivity index (χ4v) is 4.80. The summed E-state index contributed by atoms with van der Waals surface area (Å²) in [6.45, 7) is 4.11. The predicted molar refractivity (Wildman–Crippen MR) is 117 cm³/mol. The summed E-state index contributed by atoms with van der Waals surface area (Å²) >= 11 is 6.14. The molecule has 2 aliphatic rings. The van der Waals surface area contributed by atoms with Crippen LogP contribution in [0.4, 0.5) is 5.69 Å². The molecule has 6 heteroatoms. The smallest absolute Gasteiger partial charge is 0.313 e. The molecule has 2 heterocycles. The SMILES string of the molecule is CC(N1CCCCC1)C1(Nc2ccnc3cc(Cl)ccc23)C=CC=CC1C(=O)O. The number of allylic oxidation sites excluding steroid dienone is 2. The van der Waals surface area contributed by atoms with Gasteiger partial charge >= 0.3 is 5.97 Å². The lowest BCUT2D eigenvalue weighted by Crippen LogP contribution is -2.61. The fraction of sp³-hybridized carbons (Fsp3) is 0.391. The third-order valence-electron chi connectivity index (χ3n) is 6.25. The number of aliphatic carboxylic acids is 1. The Kier molecular flexibility index (Phi) is 5.61. The summed E-state index contributed by atoms with van der Waals surface area (Å²) in [5, 5.41) is 15.3. The number of nitrogens with one attached hydrogen (secondary N) is 1. The van der Waals surface area contributed by atoms with Gasteiger partial charge in [0.05, 0.1) is 11.1 Å². The third-order valence-corrected chi connectivity index (χ3v) is 6.49. The molecule has 1 aliphatic carbocycles. The molecule has 0 amide bonds. The molecule has 1 aliphatic heterocycles. The van der Waals surface area contributed by atoms with Crippen LogP contribution >= 0.6 is 11.6 Å². The van der Waals surface area contributed by atoms with E-state index >= 15 is 0 Å². The van der Waals surface area contributed by atoms with Gasteiger partial charge in [-0.25, -0.2) is 0 Å². The van der Waals surface area contributed by atoms with Crippen molar-refractivity contribution < 1.29 is 9.90 Å². The molecule has 2 N–H and O–H groups in total. The summed E-state index contributed by atoms with van der Waals surface area (Å²) in [4.78, 5) is 19.1. The highest BCUT2D eigenvalue weighted by molar-refractivity contribution is 6.31. The van der Waals surface area contributed by atoms with Crippen molar-refractivity contribution in [3.05, 3.63) is 59.8 Å². The van der Waals surface area contributed by atoms with E-state index in [-0.39, 0.29) is 6.04 Å². The van der Waals surface area contributed by atoms with Crippen molar-refractivity contribution in [2.75, 3.05) is 18.4 Å². The summed E-state index contributed by atoms with van der Waals surface area (Å²) in [6.07, 6.45) is 12.8. The first-order chi connectivity index (χ1) is 14.0. The van der Waals surface area contributed by atoms with Gasteiger partial charge < -0.3 is 10.4 Å². The van der Waals surface area contributed by atoms with Crippen LogP contribution in [-0.4, -0.2) is 45.6 Å². The normalized spacial score (nSPS) is 25.8. The number of fused-ring (bicyclic) bond motifs is 1. The van der Waals surface area contributed by atoms with Gasteiger partial charge in [-0.2, -0.15) is 0 Å². The molecule has 1 aromatic carbocycles. The highest BCUT2D eigenvalue weighted by Gasteiger charge is 2.47. The van der Waals surface area contributed by atoms with Crippen LogP contribution in [0.5, 0.6) is 0 Å². The maximum absolute atomic E-state index is 12.3. The highest BCUT2D eigenvalue weighted by atomic mass is 35.5. The number of hydrogen-bond donors (Lipinski definition) is 2. The van der Waals surface area contributed by atoms with Crippen LogP contribution in [0.15, 0.2) is 54.8 Å². The fourth-order valence-electron chi connectivity index (χ4n) is 4.63. The van der Waals surface area contributed by atoms with Gasteiger partial charge in [0.25, 0.3) is 0 Å². The summed E-state index contributed by atoms with van der Waals surface area (Å²) in [7, 11) is 0. The monoisotopic (exact) mass is 411 g/mol. The second-order valence-electron chi connectivity index (χ2n) is 7.91. The molecular formula is C23H26ClN3O2. The van der Waals surface area contributed by atoms with Crippen LogP contribution in [0, 0.1) is 5.92 Å². The molecular weight excluding hydrogens is 386 g/mol. The molecule has 0 bridgehead atoms. The number of aromatic nitrogens is 1. The van der Waals surface area contributed by atoms with E-state index in [1.54, 1.807) is 12.3 Å². The first-order valence-corrected chi connectivity index (χ1v) is 10.5. The minimum atomic E-state index is -0.830. The molecule has 2 aromatic rings. The summed E-state index contributed by atoms with van der Waals surface area (Å²) in [5.41, 5.74) is 0.874. The number of carbonyl (C=O) groups is 1. The summed E-state index contributed by atoms with van der Waals surface area (Å²) in [5.74, 6) is -1.51. The molecule has 0 spiro atoms. The van der Waals surface area contributed by atoms with Crippen LogP contribution in [0.1, 0.15) is 26.2 Å². The predicted octanol–water partition coefficient (Wildman–Crippen LogP) is 4.74. The third kappa shape index (κ3) is 3.77. The maximum atomic E-state index is 12.3. The molecule has 0 saturated carbocycles. The molecule has 5 nitrogen and oxygen atoms in total. The average Bonchev–Trinajstić information content (AvgIpc) is 2.74. The Labute approximate surface area is 176 Å². The number of halogens is 1. The first kappa shape index (κ1) is 19.9. The van der Waals surface area contributed by atoms with E-state index in [1.807, 2.05) is 42.5 Å². The van der Waals surface area contributed by atoms with Crippen LogP contribution in [-0.2, 0) is 4.79 Å². The quantitative estimate of drug-likeness (QED) is 0.743. The lowest BCUT2D eigenvalue weighted by Gasteiger charge is -2.48. The largest absolute Gasteiger partial charge is 0.481 e. The van der Waals surface area contributed by atoms with Crippen molar-refractivity contribution in [1.82, 2.24) is 9.88 Å². The van der Waals surface area contributed by atoms with Crippen LogP contribution in [0.2, 0.25) is 5.02 Å². The van der Waals surface area contributed by atoms with E-state index in [2.05, 4.69) is 22.1 Å². The second kappa shape index (κ2) is 8.17. The molecule has 152 valence electrons. The highest BCUT2D eigenvalue weighted by Crippen LogP contribution is 2.37. The molecule has 4 rings (SSSR count). The van der Waals surface area contributed by atoms with E-state index in [9.17, 15) is 9.90 Å². The van der Waals surface area contributed by atoms with Gasteiger partial charge in [-0.1, -0.05) is 42.3 Å². The van der Waals surface area contributed by atoms with Gasteiger partial charge in [0.15, 0.2) is 0 Å². The zero-order chi connectivity index (χ0) is 20.4. The zero-order valence-corrected chi connectivity index (χ0v) is 17.3. The van der Waals surface area contributed by atoms with Crippen molar-refractivity contribution in [2.24, 2.45) is 5.92 Å². The molecule has 29 heavy (non-hydrogen) atoms. The van der Waals surface area contributed by atoms with Crippen LogP contribution < -0.4 is 5.32 Å². The number of piperidine rings is 1. The molecule has 1 aromatic heterocycles. The Morgan fingerprint density at radius 1 is 1.28 bits per heavy atom. The maximum Gasteiger partial charge on any atom is 0.313 e. The van der Waals surface area contributed by atoms with Gasteiger partial charge in [0.1, 0.15) is 5.92 Å². The van der Waals surface area contributed by atoms with Crippen molar-refractivity contribution in [2.45, 2.75) is 37.8 Å². The number of nitrogens with zero attached hydrogens (tertiary/aromatic N) is 2. The topological polar surface area (TPSA) is 65.5 Å². The van der Waals surface area contributed by atoms with Gasteiger partial charge in [0, 0.05) is 28.3 Å². The van der Waals surface area contributed by atoms with E-state index in [4.69, 9.17) is 11.6 Å². The molecule has 1 fully saturated rings. The van der Waals surface area contributed by atoms with Gasteiger partial charge in [-0.3, -0.25) is 14.7 Å². The Balaban J connectivity index is 1.80. The van der Waals surface area contributed by atoms with Crippen LogP contribution in [0.25, 0.3) is 10.9 Å². The molecule has 3 unspecified atom stereocenters.